The van der Waals surface area contributed by atoms with Crippen molar-refractivity contribution in [1.29, 1.82) is 0 Å². The third-order valence-electron chi connectivity index (χ3n) is 3.83. The van der Waals surface area contributed by atoms with Gasteiger partial charge in [-0.1, -0.05) is 41.1 Å². The minimum absolute atomic E-state index is 0.256. The molecular formula is C19H15N5O2S. The van der Waals surface area contributed by atoms with E-state index in [2.05, 4.69) is 25.4 Å². The monoisotopic (exact) mass is 377 g/mol. The van der Waals surface area contributed by atoms with Gasteiger partial charge in [-0.15, -0.1) is 11.3 Å². The molecular weight excluding hydrogens is 362 g/mol. The van der Waals surface area contributed by atoms with Crippen molar-refractivity contribution in [3.05, 3.63) is 70.3 Å². The van der Waals surface area contributed by atoms with E-state index in [9.17, 15) is 4.79 Å². The number of hydrogen-bond acceptors (Lipinski definition) is 7. The molecule has 7 nitrogen and oxygen atoms in total. The summed E-state index contributed by atoms with van der Waals surface area (Å²) in [7, 11) is 0. The average Bonchev–Trinajstić information content (AvgIpc) is 3.37. The summed E-state index contributed by atoms with van der Waals surface area (Å²) in [4.78, 5) is 25.0. The smallest absolute Gasteiger partial charge is 0.280 e. The summed E-state index contributed by atoms with van der Waals surface area (Å²) in [6, 6.07) is 11.6. The zero-order chi connectivity index (χ0) is 18.6. The first-order valence-corrected chi connectivity index (χ1v) is 9.11. The second-order valence-electron chi connectivity index (χ2n) is 5.87. The van der Waals surface area contributed by atoms with Crippen LogP contribution < -0.4 is 5.32 Å². The largest absolute Gasteiger partial charge is 0.346 e. The molecule has 0 unspecified atom stereocenters. The maximum atomic E-state index is 12.3. The lowest BCUT2D eigenvalue weighted by atomic mass is 10.1. The summed E-state index contributed by atoms with van der Waals surface area (Å²) in [6.07, 6.45) is 3.40. The molecule has 1 amide bonds. The first kappa shape index (κ1) is 17.0. The summed E-state index contributed by atoms with van der Waals surface area (Å²) < 4.78 is 5.30. The van der Waals surface area contributed by atoms with Crippen LogP contribution in [-0.2, 0) is 6.54 Å². The highest BCUT2D eigenvalue weighted by Crippen LogP contribution is 2.24. The predicted molar refractivity (Wildman–Crippen MR) is 101 cm³/mol. The van der Waals surface area contributed by atoms with E-state index >= 15 is 0 Å². The minimum atomic E-state index is -0.256. The summed E-state index contributed by atoms with van der Waals surface area (Å²) >= 11 is 1.23. The molecule has 8 heteroatoms. The molecule has 0 atom stereocenters. The minimum Gasteiger partial charge on any atom is -0.346 e. The van der Waals surface area contributed by atoms with Crippen LogP contribution in [-0.4, -0.2) is 26.0 Å². The van der Waals surface area contributed by atoms with E-state index < -0.39 is 0 Å². The molecule has 3 aromatic heterocycles. The van der Waals surface area contributed by atoms with E-state index in [1.165, 1.54) is 11.3 Å². The number of amides is 1. The average molecular weight is 377 g/mol. The van der Waals surface area contributed by atoms with E-state index in [4.69, 9.17) is 4.52 Å². The number of nitrogens with one attached hydrogen (secondary N) is 1. The number of benzene rings is 1. The molecule has 0 aliphatic rings. The second-order valence-corrected chi connectivity index (χ2v) is 6.73. The van der Waals surface area contributed by atoms with Crippen LogP contribution in [0.4, 0.5) is 0 Å². The van der Waals surface area contributed by atoms with Crippen LogP contribution in [0.25, 0.3) is 23.0 Å². The highest BCUT2D eigenvalue weighted by Gasteiger charge is 2.17. The Balaban J connectivity index is 1.46. The van der Waals surface area contributed by atoms with Gasteiger partial charge < -0.3 is 9.84 Å². The Morgan fingerprint density at radius 2 is 2.04 bits per heavy atom. The zero-order valence-corrected chi connectivity index (χ0v) is 15.2. The van der Waals surface area contributed by atoms with E-state index in [0.717, 1.165) is 16.7 Å². The van der Waals surface area contributed by atoms with Gasteiger partial charge in [-0.2, -0.15) is 4.98 Å². The van der Waals surface area contributed by atoms with Gasteiger partial charge in [-0.25, -0.2) is 4.98 Å². The molecule has 0 fully saturated rings. The topological polar surface area (TPSA) is 93.8 Å². The molecule has 0 saturated heterocycles. The highest BCUT2D eigenvalue weighted by atomic mass is 32.1. The summed E-state index contributed by atoms with van der Waals surface area (Å²) in [5.41, 5.74) is 3.42. The van der Waals surface area contributed by atoms with E-state index in [0.29, 0.717) is 23.1 Å². The first-order chi connectivity index (χ1) is 13.2. The van der Waals surface area contributed by atoms with Crippen molar-refractivity contribution < 1.29 is 9.32 Å². The molecule has 0 bridgehead atoms. The van der Waals surface area contributed by atoms with Crippen molar-refractivity contribution in [3.8, 4) is 23.0 Å². The standard InChI is InChI=1S/C19H15N5O2S/c1-12-4-6-14(7-5-12)16-23-18(26-24-16)15-11-27-19(22-15)17(25)21-10-13-3-2-8-20-9-13/h2-9,11H,10H2,1H3,(H,21,25). The van der Waals surface area contributed by atoms with Gasteiger partial charge in [-0.05, 0) is 18.6 Å². The second kappa shape index (κ2) is 7.46. The Bertz CT molecular complexity index is 1060. The molecule has 0 aliphatic carbocycles. The maximum Gasteiger partial charge on any atom is 0.280 e. The number of thiazole rings is 1. The molecule has 1 aromatic carbocycles. The van der Waals surface area contributed by atoms with E-state index in [-0.39, 0.29) is 11.8 Å². The lowest BCUT2D eigenvalue weighted by molar-refractivity contribution is 0.0950. The van der Waals surface area contributed by atoms with E-state index in [1.807, 2.05) is 43.3 Å². The van der Waals surface area contributed by atoms with Crippen LogP contribution in [0.5, 0.6) is 0 Å². The number of aryl methyl sites for hydroxylation is 1. The van der Waals surface area contributed by atoms with Crippen molar-refractivity contribution in [2.45, 2.75) is 13.5 Å². The Labute approximate surface area is 159 Å². The molecule has 3 heterocycles. The normalized spacial score (nSPS) is 10.7. The molecule has 134 valence electrons. The lowest BCUT2D eigenvalue weighted by Crippen LogP contribution is -2.22. The number of aromatic nitrogens is 4. The zero-order valence-electron chi connectivity index (χ0n) is 14.4. The predicted octanol–water partition coefficient (Wildman–Crippen LogP) is 3.49. The number of hydrogen-bond donors (Lipinski definition) is 1. The van der Waals surface area contributed by atoms with Crippen molar-refractivity contribution in [2.24, 2.45) is 0 Å². The Morgan fingerprint density at radius 3 is 2.81 bits per heavy atom. The Morgan fingerprint density at radius 1 is 1.19 bits per heavy atom. The summed E-state index contributed by atoms with van der Waals surface area (Å²) in [5, 5.41) is 8.88. The number of carbonyl (C=O) groups excluding carboxylic acids is 1. The van der Waals surface area contributed by atoms with Gasteiger partial charge in [0.25, 0.3) is 11.8 Å². The van der Waals surface area contributed by atoms with Crippen molar-refractivity contribution >= 4 is 17.2 Å². The third-order valence-corrected chi connectivity index (χ3v) is 4.67. The van der Waals surface area contributed by atoms with Gasteiger partial charge in [0.15, 0.2) is 5.01 Å². The fourth-order valence-electron chi connectivity index (χ4n) is 2.38. The molecule has 4 aromatic rings. The van der Waals surface area contributed by atoms with Crippen LogP contribution >= 0.6 is 11.3 Å². The molecule has 0 radical (unpaired) electrons. The molecule has 0 spiro atoms. The summed E-state index contributed by atoms with van der Waals surface area (Å²) in [5.74, 6) is 0.516. The molecule has 0 aliphatic heterocycles. The van der Waals surface area contributed by atoms with Crippen molar-refractivity contribution in [1.82, 2.24) is 25.4 Å². The number of carbonyl (C=O) groups is 1. The summed E-state index contributed by atoms with van der Waals surface area (Å²) in [6.45, 7) is 2.40. The fraction of sp³-hybridized carbons (Fsp3) is 0.105. The van der Waals surface area contributed by atoms with Crippen LogP contribution in [0.2, 0.25) is 0 Å². The molecule has 1 N–H and O–H groups in total. The van der Waals surface area contributed by atoms with Crippen LogP contribution in [0.1, 0.15) is 20.9 Å². The van der Waals surface area contributed by atoms with Gasteiger partial charge in [-0.3, -0.25) is 9.78 Å². The van der Waals surface area contributed by atoms with Crippen LogP contribution in [0.15, 0.2) is 58.7 Å². The van der Waals surface area contributed by atoms with Crippen molar-refractivity contribution in [3.63, 3.8) is 0 Å². The maximum absolute atomic E-state index is 12.3. The Kier molecular flexibility index (Phi) is 4.71. The molecule has 4 rings (SSSR count). The number of rotatable bonds is 5. The fourth-order valence-corrected chi connectivity index (χ4v) is 3.09. The van der Waals surface area contributed by atoms with Gasteiger partial charge in [0.05, 0.1) is 0 Å². The van der Waals surface area contributed by atoms with Gasteiger partial charge in [0, 0.05) is 29.9 Å². The first-order valence-electron chi connectivity index (χ1n) is 8.23. The van der Waals surface area contributed by atoms with Crippen LogP contribution in [0.3, 0.4) is 0 Å². The quantitative estimate of drug-likeness (QED) is 0.572. The molecule has 0 saturated carbocycles. The van der Waals surface area contributed by atoms with E-state index in [1.54, 1.807) is 17.8 Å². The SMILES string of the molecule is Cc1ccc(-c2noc(-c3csc(C(=O)NCc4cccnc4)n3)n2)cc1. The van der Waals surface area contributed by atoms with Gasteiger partial charge >= 0.3 is 0 Å². The Hall–Kier alpha value is -3.39. The van der Waals surface area contributed by atoms with Crippen molar-refractivity contribution in [2.75, 3.05) is 0 Å². The molecule has 27 heavy (non-hydrogen) atoms. The lowest BCUT2D eigenvalue weighted by Gasteiger charge is -2.01. The van der Waals surface area contributed by atoms with Gasteiger partial charge in [0.1, 0.15) is 5.69 Å². The third kappa shape index (κ3) is 3.90. The van der Waals surface area contributed by atoms with Crippen LogP contribution in [0, 0.1) is 6.92 Å². The highest BCUT2D eigenvalue weighted by molar-refractivity contribution is 7.12. The number of pyridine rings is 1. The number of nitrogens with zero attached hydrogens (tertiary/aromatic N) is 4. The van der Waals surface area contributed by atoms with Gasteiger partial charge in [0.2, 0.25) is 5.82 Å².